The maximum Gasteiger partial charge on any atom is 0.259 e. The fourth-order valence-electron chi connectivity index (χ4n) is 5.73. The van der Waals surface area contributed by atoms with E-state index in [0.717, 1.165) is 34.4 Å². The fraction of sp³-hybridized carbons (Fsp3) is 0.182. The van der Waals surface area contributed by atoms with Gasteiger partial charge in [0.15, 0.2) is 5.65 Å². The van der Waals surface area contributed by atoms with Crippen molar-refractivity contribution in [3.63, 3.8) is 0 Å². The first-order valence-electron chi connectivity index (χ1n) is 14.1. The van der Waals surface area contributed by atoms with E-state index in [1.165, 1.54) is 6.07 Å². The Bertz CT molecular complexity index is 1950. The second kappa shape index (κ2) is 11.4. The van der Waals surface area contributed by atoms with Crippen LogP contribution in [0.4, 0.5) is 10.1 Å². The van der Waals surface area contributed by atoms with Crippen LogP contribution in [0, 0.1) is 5.82 Å². The van der Waals surface area contributed by atoms with Crippen LogP contribution in [0.1, 0.15) is 40.2 Å². The van der Waals surface area contributed by atoms with E-state index in [1.807, 2.05) is 58.8 Å². The van der Waals surface area contributed by atoms with Crippen LogP contribution in [-0.2, 0) is 11.2 Å². The average molecular weight is 591 g/mol. The number of amides is 2. The number of halogens is 1. The van der Waals surface area contributed by atoms with Crippen LogP contribution in [0.15, 0.2) is 90.7 Å². The van der Waals surface area contributed by atoms with E-state index in [0.29, 0.717) is 47.0 Å². The monoisotopic (exact) mass is 590 g/mol. The van der Waals surface area contributed by atoms with E-state index in [4.69, 9.17) is 0 Å². The molecule has 1 aliphatic rings. The summed E-state index contributed by atoms with van der Waals surface area (Å²) < 4.78 is 16.3. The van der Waals surface area contributed by atoms with Gasteiger partial charge in [0, 0.05) is 42.6 Å². The molecule has 2 aromatic carbocycles. The Morgan fingerprint density at radius 3 is 2.60 bits per heavy atom. The highest BCUT2D eigenvalue weighted by molar-refractivity contribution is 7.13. The number of likely N-dealkylation sites (tertiary alicyclic amines) is 1. The third-order valence-corrected chi connectivity index (χ3v) is 8.87. The highest BCUT2D eigenvalue weighted by Crippen LogP contribution is 2.31. The SMILES string of the molecule is O=C(Cc1cc2cccnc2cc1F)Nc1ccc(C2CCN(C(=O)c3cnn4c(-c5cccs5)ccnc34)CC2)cc1. The number of nitrogens with one attached hydrogen (secondary N) is 1. The van der Waals surface area contributed by atoms with Crippen LogP contribution < -0.4 is 5.32 Å². The summed E-state index contributed by atoms with van der Waals surface area (Å²) in [6, 6.07) is 20.4. The number of aromatic nitrogens is 4. The molecule has 43 heavy (non-hydrogen) atoms. The smallest absolute Gasteiger partial charge is 0.259 e. The summed E-state index contributed by atoms with van der Waals surface area (Å²) in [5.41, 5.74) is 4.71. The minimum absolute atomic E-state index is 0.0542. The van der Waals surface area contributed by atoms with E-state index in [2.05, 4.69) is 20.4 Å². The van der Waals surface area contributed by atoms with Crippen molar-refractivity contribution >= 4 is 45.4 Å². The summed E-state index contributed by atoms with van der Waals surface area (Å²) in [5.74, 6) is -0.475. The van der Waals surface area contributed by atoms with Crippen molar-refractivity contribution in [3.05, 3.63) is 113 Å². The topological polar surface area (TPSA) is 92.5 Å². The Kier molecular flexibility index (Phi) is 7.12. The third-order valence-electron chi connectivity index (χ3n) is 7.98. The van der Waals surface area contributed by atoms with Gasteiger partial charge < -0.3 is 10.2 Å². The van der Waals surface area contributed by atoms with E-state index < -0.39 is 5.82 Å². The number of rotatable bonds is 6. The molecule has 7 rings (SSSR count). The molecule has 1 aliphatic heterocycles. The van der Waals surface area contributed by atoms with Crippen molar-refractivity contribution in [1.82, 2.24) is 24.5 Å². The second-order valence-electron chi connectivity index (χ2n) is 10.7. The van der Waals surface area contributed by atoms with Gasteiger partial charge in [-0.2, -0.15) is 5.10 Å². The summed E-state index contributed by atoms with van der Waals surface area (Å²) in [4.78, 5) is 37.7. The lowest BCUT2D eigenvalue weighted by Gasteiger charge is -2.32. The molecule has 214 valence electrons. The third kappa shape index (κ3) is 5.37. The molecule has 8 nitrogen and oxygen atoms in total. The van der Waals surface area contributed by atoms with Crippen LogP contribution in [0.5, 0.6) is 0 Å². The van der Waals surface area contributed by atoms with Gasteiger partial charge in [0.25, 0.3) is 5.91 Å². The number of hydrogen-bond acceptors (Lipinski definition) is 6. The highest BCUT2D eigenvalue weighted by Gasteiger charge is 2.27. The van der Waals surface area contributed by atoms with Crippen molar-refractivity contribution < 1.29 is 14.0 Å². The number of piperidine rings is 1. The normalized spacial score (nSPS) is 13.9. The Morgan fingerprint density at radius 2 is 1.81 bits per heavy atom. The Balaban J connectivity index is 0.966. The predicted molar refractivity (Wildman–Crippen MR) is 165 cm³/mol. The number of carbonyl (C=O) groups is 2. The first-order chi connectivity index (χ1) is 21.0. The van der Waals surface area contributed by atoms with Crippen molar-refractivity contribution in [2.75, 3.05) is 18.4 Å². The number of nitrogens with zero attached hydrogens (tertiary/aromatic N) is 5. The fourth-order valence-corrected chi connectivity index (χ4v) is 6.47. The van der Waals surface area contributed by atoms with Gasteiger partial charge in [-0.15, -0.1) is 11.3 Å². The number of carbonyl (C=O) groups excluding carboxylic acids is 2. The quantitative estimate of drug-likeness (QED) is 0.244. The van der Waals surface area contributed by atoms with Crippen LogP contribution in [0.25, 0.3) is 27.1 Å². The molecule has 0 bridgehead atoms. The number of fused-ring (bicyclic) bond motifs is 2. The zero-order valence-electron chi connectivity index (χ0n) is 23.1. The van der Waals surface area contributed by atoms with E-state index >= 15 is 0 Å². The van der Waals surface area contributed by atoms with Gasteiger partial charge in [-0.3, -0.25) is 14.6 Å². The van der Waals surface area contributed by atoms with Crippen molar-refractivity contribution in [1.29, 1.82) is 0 Å². The largest absolute Gasteiger partial charge is 0.338 e. The van der Waals surface area contributed by atoms with Crippen LogP contribution in [-0.4, -0.2) is 49.4 Å². The van der Waals surface area contributed by atoms with Crippen molar-refractivity contribution in [3.8, 4) is 10.6 Å². The number of hydrogen-bond donors (Lipinski definition) is 1. The number of anilines is 1. The standard InChI is InChI=1S/C33H27FN6O2S/c34-27-19-28-23(3-1-12-35-28)17-24(27)18-31(41)38-25-7-5-21(6-8-25)22-10-14-39(15-11-22)33(42)26-20-37-40-29(9-13-36-32(26)40)30-4-2-16-43-30/h1-9,12-13,16-17,19-20,22H,10-11,14-15,18H2,(H,38,41). The van der Waals surface area contributed by atoms with Gasteiger partial charge in [-0.05, 0) is 71.7 Å². The lowest BCUT2D eigenvalue weighted by atomic mass is 9.89. The summed E-state index contributed by atoms with van der Waals surface area (Å²) in [7, 11) is 0. The Hall–Kier alpha value is -4.96. The van der Waals surface area contributed by atoms with E-state index in [-0.39, 0.29) is 18.2 Å². The van der Waals surface area contributed by atoms with Gasteiger partial charge >= 0.3 is 0 Å². The van der Waals surface area contributed by atoms with Gasteiger partial charge in [0.1, 0.15) is 11.4 Å². The molecule has 10 heteroatoms. The first kappa shape index (κ1) is 26.9. The van der Waals surface area contributed by atoms with E-state index in [9.17, 15) is 14.0 Å². The van der Waals surface area contributed by atoms with Crippen molar-refractivity contribution in [2.45, 2.75) is 25.2 Å². The molecule has 0 spiro atoms. The molecule has 1 N–H and O–H groups in total. The lowest BCUT2D eigenvalue weighted by Crippen LogP contribution is -2.37. The summed E-state index contributed by atoms with van der Waals surface area (Å²) in [5, 5.41) is 10.2. The van der Waals surface area contributed by atoms with Crippen LogP contribution >= 0.6 is 11.3 Å². The minimum Gasteiger partial charge on any atom is -0.338 e. The molecule has 0 saturated carbocycles. The molecule has 0 unspecified atom stereocenters. The van der Waals surface area contributed by atoms with E-state index in [1.54, 1.807) is 46.6 Å². The molecule has 5 heterocycles. The zero-order valence-corrected chi connectivity index (χ0v) is 23.9. The highest BCUT2D eigenvalue weighted by atomic mass is 32.1. The molecule has 1 saturated heterocycles. The molecule has 0 radical (unpaired) electrons. The van der Waals surface area contributed by atoms with Crippen LogP contribution in [0.3, 0.4) is 0 Å². The molecule has 0 aliphatic carbocycles. The number of benzene rings is 2. The van der Waals surface area contributed by atoms with Gasteiger partial charge in [-0.1, -0.05) is 24.3 Å². The molecule has 6 aromatic rings. The van der Waals surface area contributed by atoms with Gasteiger partial charge in [-0.25, -0.2) is 13.9 Å². The summed E-state index contributed by atoms with van der Waals surface area (Å²) >= 11 is 1.62. The van der Waals surface area contributed by atoms with Gasteiger partial charge in [0.2, 0.25) is 5.91 Å². The zero-order chi connectivity index (χ0) is 29.3. The second-order valence-corrected chi connectivity index (χ2v) is 11.6. The lowest BCUT2D eigenvalue weighted by molar-refractivity contribution is -0.115. The summed E-state index contributed by atoms with van der Waals surface area (Å²) in [6.07, 6.45) is 6.56. The number of thiophene rings is 1. The summed E-state index contributed by atoms with van der Waals surface area (Å²) in [6.45, 7) is 1.27. The van der Waals surface area contributed by atoms with Crippen LogP contribution in [0.2, 0.25) is 0 Å². The van der Waals surface area contributed by atoms with Gasteiger partial charge in [0.05, 0.1) is 28.7 Å². The Morgan fingerprint density at radius 1 is 0.977 bits per heavy atom. The molecule has 2 amide bonds. The molecular formula is C33H27FN6O2S. The number of pyridine rings is 1. The average Bonchev–Trinajstić information content (AvgIpc) is 3.72. The first-order valence-corrected chi connectivity index (χ1v) is 15.0. The molecule has 0 atom stereocenters. The minimum atomic E-state index is -0.442. The van der Waals surface area contributed by atoms with Crippen molar-refractivity contribution in [2.24, 2.45) is 0 Å². The Labute approximate surface area is 250 Å². The molecule has 4 aromatic heterocycles. The maximum absolute atomic E-state index is 14.5. The predicted octanol–water partition coefficient (Wildman–Crippen LogP) is 6.35. The molecule has 1 fully saturated rings. The maximum atomic E-state index is 14.5. The molecular weight excluding hydrogens is 563 g/mol.